The SMILES string of the molecule is CCOC(=O)C1CCN(C(=O)CSc2nc3sc4c(c3c(=O)n2CC)CCC(C)C4)CC1. The lowest BCUT2D eigenvalue weighted by Gasteiger charge is -2.30. The second kappa shape index (κ2) is 9.95. The van der Waals surface area contributed by atoms with Crippen LogP contribution in [-0.2, 0) is 33.7 Å². The molecule has 1 unspecified atom stereocenters. The van der Waals surface area contributed by atoms with Crippen molar-refractivity contribution >= 4 is 45.2 Å². The van der Waals surface area contributed by atoms with Gasteiger partial charge in [0.25, 0.3) is 5.56 Å². The van der Waals surface area contributed by atoms with Crippen molar-refractivity contribution in [3.63, 3.8) is 0 Å². The van der Waals surface area contributed by atoms with Crippen LogP contribution in [0.5, 0.6) is 0 Å². The van der Waals surface area contributed by atoms with Crippen LogP contribution in [0.4, 0.5) is 0 Å². The lowest BCUT2D eigenvalue weighted by molar-refractivity contribution is -0.151. The number of carbonyl (C=O) groups excluding carboxylic acids is 2. The molecule has 9 heteroatoms. The molecule has 1 amide bonds. The summed E-state index contributed by atoms with van der Waals surface area (Å²) in [5.74, 6) is 0.626. The van der Waals surface area contributed by atoms with E-state index in [9.17, 15) is 14.4 Å². The number of thioether (sulfide) groups is 1. The Bertz CT molecular complexity index is 1070. The van der Waals surface area contributed by atoms with Crippen molar-refractivity contribution in [3.8, 4) is 0 Å². The predicted molar refractivity (Wildman–Crippen MR) is 127 cm³/mol. The van der Waals surface area contributed by atoms with Crippen molar-refractivity contribution in [2.75, 3.05) is 25.4 Å². The van der Waals surface area contributed by atoms with Crippen LogP contribution in [0.25, 0.3) is 10.2 Å². The van der Waals surface area contributed by atoms with Gasteiger partial charge in [-0.3, -0.25) is 19.0 Å². The van der Waals surface area contributed by atoms with Crippen LogP contribution < -0.4 is 5.56 Å². The van der Waals surface area contributed by atoms with Crippen molar-refractivity contribution in [1.82, 2.24) is 14.5 Å². The number of rotatable bonds is 6. The lowest BCUT2D eigenvalue weighted by Crippen LogP contribution is -2.41. The number of ether oxygens (including phenoxy) is 1. The van der Waals surface area contributed by atoms with Crippen LogP contribution in [0, 0.1) is 11.8 Å². The minimum absolute atomic E-state index is 0.0219. The van der Waals surface area contributed by atoms with E-state index in [-0.39, 0.29) is 29.1 Å². The number of aromatic nitrogens is 2. The van der Waals surface area contributed by atoms with E-state index in [1.54, 1.807) is 27.7 Å². The Morgan fingerprint density at radius 1 is 1.22 bits per heavy atom. The van der Waals surface area contributed by atoms with E-state index in [1.807, 2.05) is 6.92 Å². The average molecular weight is 478 g/mol. The van der Waals surface area contributed by atoms with Crippen LogP contribution in [0.1, 0.15) is 50.5 Å². The maximum absolute atomic E-state index is 13.3. The van der Waals surface area contributed by atoms with E-state index in [1.165, 1.54) is 22.2 Å². The van der Waals surface area contributed by atoms with Crippen molar-refractivity contribution in [2.24, 2.45) is 11.8 Å². The molecule has 174 valence electrons. The fourth-order valence-corrected chi connectivity index (χ4v) is 7.03. The largest absolute Gasteiger partial charge is 0.466 e. The van der Waals surface area contributed by atoms with Crippen LogP contribution >= 0.6 is 23.1 Å². The molecule has 1 fully saturated rings. The predicted octanol–water partition coefficient (Wildman–Crippen LogP) is 3.50. The fraction of sp³-hybridized carbons (Fsp3) is 0.652. The molecule has 4 rings (SSSR count). The Balaban J connectivity index is 1.46. The molecule has 1 saturated heterocycles. The zero-order chi connectivity index (χ0) is 22.8. The molecule has 32 heavy (non-hydrogen) atoms. The van der Waals surface area contributed by atoms with Gasteiger partial charge < -0.3 is 9.64 Å². The zero-order valence-electron chi connectivity index (χ0n) is 19.0. The number of amides is 1. The second-order valence-electron chi connectivity index (χ2n) is 8.67. The van der Waals surface area contributed by atoms with E-state index < -0.39 is 0 Å². The maximum Gasteiger partial charge on any atom is 0.309 e. The van der Waals surface area contributed by atoms with Gasteiger partial charge in [-0.15, -0.1) is 11.3 Å². The van der Waals surface area contributed by atoms with Crippen molar-refractivity contribution < 1.29 is 14.3 Å². The summed E-state index contributed by atoms with van der Waals surface area (Å²) in [5, 5.41) is 1.40. The first-order chi connectivity index (χ1) is 15.4. The molecule has 0 aromatic carbocycles. The van der Waals surface area contributed by atoms with Crippen LogP contribution in [0.15, 0.2) is 9.95 Å². The Labute approximate surface area is 196 Å². The molecule has 0 spiro atoms. The van der Waals surface area contributed by atoms with Gasteiger partial charge in [0, 0.05) is 24.5 Å². The highest BCUT2D eigenvalue weighted by atomic mass is 32.2. The van der Waals surface area contributed by atoms with Gasteiger partial charge >= 0.3 is 5.97 Å². The van der Waals surface area contributed by atoms with Gasteiger partial charge in [0.1, 0.15) is 4.83 Å². The minimum atomic E-state index is -0.161. The van der Waals surface area contributed by atoms with Crippen LogP contribution in [0.2, 0.25) is 0 Å². The summed E-state index contributed by atoms with van der Waals surface area (Å²) in [6.45, 7) is 8.05. The van der Waals surface area contributed by atoms with E-state index >= 15 is 0 Å². The van der Waals surface area contributed by atoms with Gasteiger partial charge in [-0.25, -0.2) is 4.98 Å². The number of aryl methyl sites for hydroxylation is 1. The number of fused-ring (bicyclic) bond motifs is 3. The molecular formula is C23H31N3O4S2. The van der Waals surface area contributed by atoms with Gasteiger partial charge in [0.2, 0.25) is 5.91 Å². The summed E-state index contributed by atoms with van der Waals surface area (Å²) in [5.41, 5.74) is 1.22. The summed E-state index contributed by atoms with van der Waals surface area (Å²) in [7, 11) is 0. The van der Waals surface area contributed by atoms with E-state index in [2.05, 4.69) is 6.92 Å². The molecule has 7 nitrogen and oxygen atoms in total. The van der Waals surface area contributed by atoms with Crippen LogP contribution in [-0.4, -0.2) is 51.8 Å². The third kappa shape index (κ3) is 4.59. The Kier molecular flexibility index (Phi) is 7.24. The molecular weight excluding hydrogens is 446 g/mol. The monoisotopic (exact) mass is 477 g/mol. The Hall–Kier alpha value is -1.87. The van der Waals surface area contributed by atoms with Gasteiger partial charge in [-0.05, 0) is 57.4 Å². The first-order valence-electron chi connectivity index (χ1n) is 11.5. The number of nitrogens with zero attached hydrogens (tertiary/aromatic N) is 3. The number of hydrogen-bond donors (Lipinski definition) is 0. The number of thiophene rings is 1. The van der Waals surface area contributed by atoms with E-state index in [0.717, 1.165) is 29.5 Å². The number of piperidine rings is 1. The van der Waals surface area contributed by atoms with E-state index in [0.29, 0.717) is 50.2 Å². The Morgan fingerprint density at radius 2 is 1.97 bits per heavy atom. The molecule has 2 aromatic rings. The number of esters is 1. The number of likely N-dealkylation sites (tertiary alicyclic amines) is 1. The third-order valence-corrected chi connectivity index (χ3v) is 8.60. The molecule has 0 saturated carbocycles. The fourth-order valence-electron chi connectivity index (χ4n) is 4.64. The van der Waals surface area contributed by atoms with Gasteiger partial charge in [0.15, 0.2) is 5.16 Å². The summed E-state index contributed by atoms with van der Waals surface area (Å²) in [6, 6.07) is 0. The lowest BCUT2D eigenvalue weighted by atomic mass is 9.89. The number of hydrogen-bond acceptors (Lipinski definition) is 7. The first-order valence-corrected chi connectivity index (χ1v) is 13.3. The quantitative estimate of drug-likeness (QED) is 0.360. The molecule has 0 bridgehead atoms. The minimum Gasteiger partial charge on any atom is -0.466 e. The van der Waals surface area contributed by atoms with Crippen molar-refractivity contribution in [1.29, 1.82) is 0 Å². The third-order valence-electron chi connectivity index (χ3n) is 6.49. The zero-order valence-corrected chi connectivity index (χ0v) is 20.6. The highest BCUT2D eigenvalue weighted by Crippen LogP contribution is 2.36. The molecule has 0 radical (unpaired) electrons. The topological polar surface area (TPSA) is 81.5 Å². The molecule has 2 aliphatic rings. The normalized spacial score (nSPS) is 19.2. The summed E-state index contributed by atoms with van der Waals surface area (Å²) >= 11 is 2.98. The van der Waals surface area contributed by atoms with Crippen LogP contribution in [0.3, 0.4) is 0 Å². The van der Waals surface area contributed by atoms with Crippen molar-refractivity contribution in [2.45, 2.75) is 64.6 Å². The molecule has 1 aliphatic carbocycles. The highest BCUT2D eigenvalue weighted by Gasteiger charge is 2.29. The first kappa shape index (κ1) is 23.3. The standard InChI is InChI=1S/C23H31N3O4S2/c1-4-26-21(28)19-16-7-6-14(3)12-17(16)32-20(19)24-23(26)31-13-18(27)25-10-8-15(9-11-25)22(29)30-5-2/h14-15H,4-13H2,1-3H3. The summed E-state index contributed by atoms with van der Waals surface area (Å²) in [6.07, 6.45) is 4.35. The summed E-state index contributed by atoms with van der Waals surface area (Å²) in [4.78, 5) is 46.7. The maximum atomic E-state index is 13.3. The molecule has 2 aromatic heterocycles. The smallest absolute Gasteiger partial charge is 0.309 e. The average Bonchev–Trinajstić information content (AvgIpc) is 3.15. The van der Waals surface area contributed by atoms with E-state index in [4.69, 9.17) is 9.72 Å². The van der Waals surface area contributed by atoms with Gasteiger partial charge in [0.05, 0.1) is 23.7 Å². The summed E-state index contributed by atoms with van der Waals surface area (Å²) < 4.78 is 6.81. The number of carbonyl (C=O) groups is 2. The second-order valence-corrected chi connectivity index (χ2v) is 10.7. The molecule has 1 aliphatic heterocycles. The van der Waals surface area contributed by atoms with Gasteiger partial charge in [-0.2, -0.15) is 0 Å². The highest BCUT2D eigenvalue weighted by molar-refractivity contribution is 7.99. The van der Waals surface area contributed by atoms with Crippen molar-refractivity contribution in [3.05, 3.63) is 20.8 Å². The van der Waals surface area contributed by atoms with Gasteiger partial charge in [-0.1, -0.05) is 18.7 Å². The Morgan fingerprint density at radius 3 is 2.66 bits per heavy atom. The molecule has 3 heterocycles. The molecule has 1 atom stereocenters. The molecule has 0 N–H and O–H groups in total.